The Morgan fingerprint density at radius 3 is 2.95 bits per heavy atom. The fourth-order valence-corrected chi connectivity index (χ4v) is 3.29. The lowest BCUT2D eigenvalue weighted by molar-refractivity contribution is -0.119. The van der Waals surface area contributed by atoms with Crippen LogP contribution >= 0.6 is 0 Å². The molecule has 0 saturated carbocycles. The van der Waals surface area contributed by atoms with Crippen LogP contribution in [0.4, 0.5) is 5.69 Å². The minimum Gasteiger partial charge on any atom is -0.383 e. The molecule has 0 bridgehead atoms. The van der Waals surface area contributed by atoms with E-state index >= 15 is 0 Å². The molecule has 0 aromatic carbocycles. The van der Waals surface area contributed by atoms with E-state index in [1.165, 1.54) is 6.20 Å². The highest BCUT2D eigenvalue weighted by Crippen LogP contribution is 2.18. The van der Waals surface area contributed by atoms with Gasteiger partial charge in [0, 0.05) is 31.7 Å². The summed E-state index contributed by atoms with van der Waals surface area (Å²) < 4.78 is 27.2. The maximum Gasteiger partial charge on any atom is 0.260 e. The van der Waals surface area contributed by atoms with Crippen LogP contribution in [0.1, 0.15) is 26.2 Å². The maximum atomic E-state index is 12.3. The Bertz CT molecular complexity index is 603. The monoisotopic (exact) mass is 312 g/mol. The number of amides is 1. The van der Waals surface area contributed by atoms with Crippen LogP contribution in [0.3, 0.4) is 0 Å². The van der Waals surface area contributed by atoms with E-state index in [4.69, 9.17) is 0 Å². The van der Waals surface area contributed by atoms with Crippen molar-refractivity contribution in [2.75, 3.05) is 18.4 Å². The van der Waals surface area contributed by atoms with Crippen LogP contribution in [-0.4, -0.2) is 38.4 Å². The van der Waals surface area contributed by atoms with Crippen LogP contribution in [-0.2, 0) is 14.8 Å². The van der Waals surface area contributed by atoms with Gasteiger partial charge in [0.15, 0.2) is 5.03 Å². The fraction of sp³-hybridized carbons (Fsp3) is 0.538. The van der Waals surface area contributed by atoms with Crippen molar-refractivity contribution in [1.82, 2.24) is 15.0 Å². The van der Waals surface area contributed by atoms with Gasteiger partial charge < -0.3 is 10.6 Å². The zero-order valence-electron chi connectivity index (χ0n) is 11.9. The largest absolute Gasteiger partial charge is 0.383 e. The number of carbonyl (C=O) groups excluding carboxylic acids is 1. The Kier molecular flexibility index (Phi) is 5.13. The van der Waals surface area contributed by atoms with Crippen molar-refractivity contribution in [1.29, 1.82) is 0 Å². The molecule has 0 spiro atoms. The van der Waals surface area contributed by atoms with Gasteiger partial charge in [0.05, 0.1) is 5.69 Å². The summed E-state index contributed by atoms with van der Waals surface area (Å²) in [6.07, 6.45) is 3.42. The highest BCUT2D eigenvalue weighted by molar-refractivity contribution is 7.89. The number of carbonyl (C=O) groups is 1. The fourth-order valence-electron chi connectivity index (χ4n) is 2.11. The number of rotatable bonds is 7. The van der Waals surface area contributed by atoms with E-state index < -0.39 is 10.0 Å². The van der Waals surface area contributed by atoms with E-state index in [0.717, 1.165) is 6.42 Å². The minimum absolute atomic E-state index is 0.0113. The second kappa shape index (κ2) is 6.86. The molecule has 1 aliphatic rings. The van der Waals surface area contributed by atoms with Crippen LogP contribution in [0.15, 0.2) is 23.4 Å². The molecule has 1 aliphatic heterocycles. The van der Waals surface area contributed by atoms with Crippen molar-refractivity contribution in [3.05, 3.63) is 18.3 Å². The number of hydrogen-bond donors (Lipinski definition) is 3. The lowest BCUT2D eigenvalue weighted by atomic mass is 10.2. The molecule has 21 heavy (non-hydrogen) atoms. The molecule has 1 amide bonds. The van der Waals surface area contributed by atoms with E-state index in [9.17, 15) is 13.2 Å². The summed E-state index contributed by atoms with van der Waals surface area (Å²) in [5, 5.41) is 5.77. The van der Waals surface area contributed by atoms with Gasteiger partial charge in [0.2, 0.25) is 5.91 Å². The van der Waals surface area contributed by atoms with Crippen molar-refractivity contribution in [3.8, 4) is 0 Å². The lowest BCUT2D eigenvalue weighted by Crippen LogP contribution is -2.38. The molecule has 2 rings (SSSR count). The second-order valence-corrected chi connectivity index (χ2v) is 6.62. The number of hydrogen-bond acceptors (Lipinski definition) is 5. The second-order valence-electron chi connectivity index (χ2n) is 4.94. The zero-order chi connectivity index (χ0) is 15.3. The van der Waals surface area contributed by atoms with Gasteiger partial charge in [-0.05, 0) is 25.0 Å². The Morgan fingerprint density at radius 1 is 1.48 bits per heavy atom. The molecular weight excluding hydrogens is 292 g/mol. The lowest BCUT2D eigenvalue weighted by Gasteiger charge is -2.14. The first kappa shape index (κ1) is 15.7. The first-order valence-electron chi connectivity index (χ1n) is 7.01. The number of nitrogens with one attached hydrogen (secondary N) is 3. The summed E-state index contributed by atoms with van der Waals surface area (Å²) in [4.78, 5) is 15.1. The summed E-state index contributed by atoms with van der Waals surface area (Å²) >= 11 is 0. The summed E-state index contributed by atoms with van der Waals surface area (Å²) in [6, 6.07) is 3.23. The average Bonchev–Trinajstić information content (AvgIpc) is 2.89. The SMILES string of the molecule is CCCNc1cccnc1S(=O)(=O)NCC1CCC(=O)N1. The molecule has 2 heterocycles. The predicted octanol–water partition coefficient (Wildman–Crippen LogP) is 0.460. The van der Waals surface area contributed by atoms with Crippen molar-refractivity contribution in [2.24, 2.45) is 0 Å². The van der Waals surface area contributed by atoms with Crippen LogP contribution in [0.2, 0.25) is 0 Å². The molecule has 3 N–H and O–H groups in total. The number of aromatic nitrogens is 1. The quantitative estimate of drug-likeness (QED) is 0.679. The van der Waals surface area contributed by atoms with E-state index in [0.29, 0.717) is 25.1 Å². The number of anilines is 1. The molecule has 0 aliphatic carbocycles. The van der Waals surface area contributed by atoms with Crippen LogP contribution in [0.5, 0.6) is 0 Å². The summed E-state index contributed by atoms with van der Waals surface area (Å²) in [7, 11) is -3.70. The molecule has 1 aromatic heterocycles. The molecule has 8 heteroatoms. The molecule has 0 radical (unpaired) electrons. The highest BCUT2D eigenvalue weighted by Gasteiger charge is 2.25. The van der Waals surface area contributed by atoms with Gasteiger partial charge in [0.25, 0.3) is 10.0 Å². The van der Waals surface area contributed by atoms with Gasteiger partial charge in [-0.2, -0.15) is 0 Å². The van der Waals surface area contributed by atoms with E-state index in [2.05, 4.69) is 20.3 Å². The Labute approximate surface area is 124 Å². The van der Waals surface area contributed by atoms with Crippen LogP contribution in [0.25, 0.3) is 0 Å². The highest BCUT2D eigenvalue weighted by atomic mass is 32.2. The van der Waals surface area contributed by atoms with Gasteiger partial charge in [-0.1, -0.05) is 6.92 Å². The van der Waals surface area contributed by atoms with E-state index in [1.807, 2.05) is 6.92 Å². The summed E-state index contributed by atoms with van der Waals surface area (Å²) in [6.45, 7) is 2.85. The molecule has 1 atom stereocenters. The third kappa shape index (κ3) is 4.15. The Hall–Kier alpha value is -1.67. The van der Waals surface area contributed by atoms with Crippen LogP contribution < -0.4 is 15.4 Å². The topological polar surface area (TPSA) is 100 Å². The smallest absolute Gasteiger partial charge is 0.260 e. The average molecular weight is 312 g/mol. The molecule has 1 unspecified atom stereocenters. The van der Waals surface area contributed by atoms with Crippen molar-refractivity contribution in [2.45, 2.75) is 37.3 Å². The standard InChI is InChI=1S/C13H20N4O3S/c1-2-7-14-11-4-3-8-15-13(11)21(19,20)16-9-10-5-6-12(18)17-10/h3-4,8,10,14,16H,2,5-7,9H2,1H3,(H,17,18). The normalized spacial score (nSPS) is 18.5. The van der Waals surface area contributed by atoms with Crippen molar-refractivity contribution < 1.29 is 13.2 Å². The number of nitrogens with zero attached hydrogens (tertiary/aromatic N) is 1. The molecule has 1 saturated heterocycles. The third-order valence-electron chi connectivity index (χ3n) is 3.20. The summed E-state index contributed by atoms with van der Waals surface area (Å²) in [5.74, 6) is -0.0395. The Morgan fingerprint density at radius 2 is 2.29 bits per heavy atom. The minimum atomic E-state index is -3.70. The van der Waals surface area contributed by atoms with Gasteiger partial charge in [-0.3, -0.25) is 4.79 Å². The van der Waals surface area contributed by atoms with Gasteiger partial charge in [-0.15, -0.1) is 0 Å². The molecular formula is C13H20N4O3S. The number of pyridine rings is 1. The first-order chi connectivity index (χ1) is 10.0. The molecule has 1 fully saturated rings. The van der Waals surface area contributed by atoms with Gasteiger partial charge in [-0.25, -0.2) is 18.1 Å². The van der Waals surface area contributed by atoms with Gasteiger partial charge >= 0.3 is 0 Å². The maximum absolute atomic E-state index is 12.3. The Balaban J connectivity index is 2.06. The van der Waals surface area contributed by atoms with E-state index in [1.54, 1.807) is 12.1 Å². The molecule has 1 aromatic rings. The predicted molar refractivity (Wildman–Crippen MR) is 79.4 cm³/mol. The third-order valence-corrected chi connectivity index (χ3v) is 4.58. The van der Waals surface area contributed by atoms with E-state index in [-0.39, 0.29) is 23.5 Å². The van der Waals surface area contributed by atoms with Gasteiger partial charge in [0.1, 0.15) is 0 Å². The molecule has 7 nitrogen and oxygen atoms in total. The molecule has 116 valence electrons. The van der Waals surface area contributed by atoms with Crippen molar-refractivity contribution >= 4 is 21.6 Å². The van der Waals surface area contributed by atoms with Crippen molar-refractivity contribution in [3.63, 3.8) is 0 Å². The number of sulfonamides is 1. The van der Waals surface area contributed by atoms with Crippen LogP contribution in [0, 0.1) is 0 Å². The summed E-state index contributed by atoms with van der Waals surface area (Å²) in [5.41, 5.74) is 0.488. The zero-order valence-corrected chi connectivity index (χ0v) is 12.7. The first-order valence-corrected chi connectivity index (χ1v) is 8.49.